The third-order valence-corrected chi connectivity index (χ3v) is 6.24. The Morgan fingerprint density at radius 1 is 1.08 bits per heavy atom. The molecule has 24 heavy (non-hydrogen) atoms. The van der Waals surface area contributed by atoms with Crippen molar-refractivity contribution in [2.24, 2.45) is 0 Å². The molecule has 0 atom stereocenters. The van der Waals surface area contributed by atoms with Crippen LogP contribution in [0.1, 0.15) is 11.1 Å². The van der Waals surface area contributed by atoms with Gasteiger partial charge in [0.1, 0.15) is 5.75 Å². The van der Waals surface area contributed by atoms with Crippen LogP contribution in [0, 0.1) is 6.92 Å². The van der Waals surface area contributed by atoms with E-state index < -0.39 is 10.0 Å². The van der Waals surface area contributed by atoms with Crippen molar-refractivity contribution in [2.75, 3.05) is 26.5 Å². The summed E-state index contributed by atoms with van der Waals surface area (Å²) in [5, 5.41) is 0. The van der Waals surface area contributed by atoms with Crippen molar-refractivity contribution in [1.82, 2.24) is 4.31 Å². The highest BCUT2D eigenvalue weighted by Gasteiger charge is 2.16. The van der Waals surface area contributed by atoms with E-state index in [1.165, 1.54) is 9.87 Å². The minimum absolute atomic E-state index is 0.335. The zero-order valence-electron chi connectivity index (χ0n) is 14.2. The first-order valence-corrected chi connectivity index (χ1v) is 10.3. The van der Waals surface area contributed by atoms with Crippen LogP contribution in [0.15, 0.2) is 53.4 Å². The molecule has 2 rings (SSSR count). The molecule has 0 unspecified atom stereocenters. The summed E-state index contributed by atoms with van der Waals surface area (Å²) in [5.41, 5.74) is 2.18. The Kier molecular flexibility index (Phi) is 6.71. The van der Waals surface area contributed by atoms with Crippen LogP contribution >= 0.6 is 11.8 Å². The average molecular weight is 366 g/mol. The predicted molar refractivity (Wildman–Crippen MR) is 100 cm³/mol. The van der Waals surface area contributed by atoms with E-state index in [1.54, 1.807) is 44.1 Å². The number of thioether (sulfide) groups is 1. The van der Waals surface area contributed by atoms with Gasteiger partial charge in [-0.05, 0) is 42.3 Å². The van der Waals surface area contributed by atoms with Gasteiger partial charge in [0.25, 0.3) is 0 Å². The Labute approximate surface area is 148 Å². The van der Waals surface area contributed by atoms with Crippen molar-refractivity contribution in [1.29, 1.82) is 0 Å². The second-order valence-electron chi connectivity index (χ2n) is 5.65. The fraction of sp³-hybridized carbons (Fsp3) is 0.333. The van der Waals surface area contributed by atoms with Gasteiger partial charge in [-0.25, -0.2) is 12.7 Å². The Balaban J connectivity index is 1.83. The van der Waals surface area contributed by atoms with E-state index in [9.17, 15) is 8.42 Å². The Hall–Kier alpha value is -1.50. The molecule has 6 heteroatoms. The third kappa shape index (κ3) is 5.26. The monoisotopic (exact) mass is 365 g/mol. The number of ether oxygens (including phenoxy) is 1. The van der Waals surface area contributed by atoms with E-state index in [0.717, 1.165) is 22.8 Å². The second-order valence-corrected chi connectivity index (χ2v) is 8.91. The van der Waals surface area contributed by atoms with Crippen LogP contribution in [0.2, 0.25) is 0 Å². The van der Waals surface area contributed by atoms with Gasteiger partial charge in [-0.15, -0.1) is 0 Å². The maximum absolute atomic E-state index is 12.1. The first kappa shape index (κ1) is 18.8. The van der Waals surface area contributed by atoms with E-state index in [-0.39, 0.29) is 0 Å². The summed E-state index contributed by atoms with van der Waals surface area (Å²) in [6.45, 7) is 2.67. The van der Waals surface area contributed by atoms with Crippen molar-refractivity contribution in [3.05, 3.63) is 59.7 Å². The Morgan fingerprint density at radius 3 is 2.54 bits per heavy atom. The van der Waals surface area contributed by atoms with E-state index in [2.05, 4.69) is 0 Å². The van der Waals surface area contributed by atoms with Gasteiger partial charge in [0.05, 0.1) is 11.5 Å². The summed E-state index contributed by atoms with van der Waals surface area (Å²) in [7, 11) is -0.293. The summed E-state index contributed by atoms with van der Waals surface area (Å²) >= 11 is 1.72. The van der Waals surface area contributed by atoms with Crippen molar-refractivity contribution in [3.8, 4) is 5.75 Å². The number of sulfonamides is 1. The van der Waals surface area contributed by atoms with Gasteiger partial charge in [-0.2, -0.15) is 11.8 Å². The summed E-state index contributed by atoms with van der Waals surface area (Å²) in [5.74, 6) is 2.49. The number of hydrogen-bond donors (Lipinski definition) is 0. The SMILES string of the molecule is Cc1cccc(OCCSCc2cccc(S(=O)(=O)N(C)C)c2)c1. The number of rotatable bonds is 8. The van der Waals surface area contributed by atoms with Gasteiger partial charge in [0.15, 0.2) is 0 Å². The summed E-state index contributed by atoms with van der Waals surface area (Å²) in [4.78, 5) is 0.335. The topological polar surface area (TPSA) is 46.6 Å². The van der Waals surface area contributed by atoms with Crippen LogP contribution in [0.25, 0.3) is 0 Å². The predicted octanol–water partition coefficient (Wildman–Crippen LogP) is 3.56. The number of nitrogens with zero attached hydrogens (tertiary/aromatic N) is 1. The third-order valence-electron chi connectivity index (χ3n) is 3.43. The lowest BCUT2D eigenvalue weighted by molar-refractivity contribution is 0.343. The maximum Gasteiger partial charge on any atom is 0.242 e. The molecule has 0 saturated heterocycles. The van der Waals surface area contributed by atoms with E-state index in [1.807, 2.05) is 37.3 Å². The maximum atomic E-state index is 12.1. The van der Waals surface area contributed by atoms with Crippen molar-refractivity contribution < 1.29 is 13.2 Å². The quantitative estimate of drug-likeness (QED) is 0.671. The molecule has 0 fully saturated rings. The molecule has 0 aliphatic heterocycles. The van der Waals surface area contributed by atoms with Crippen LogP contribution in [-0.2, 0) is 15.8 Å². The summed E-state index contributed by atoms with van der Waals surface area (Å²) < 4.78 is 31.2. The van der Waals surface area contributed by atoms with E-state index >= 15 is 0 Å². The highest BCUT2D eigenvalue weighted by Crippen LogP contribution is 2.19. The standard InChI is InChI=1S/C18H23NO3S2/c1-15-6-4-8-17(12-15)22-10-11-23-14-16-7-5-9-18(13-16)24(20,21)19(2)3/h4-9,12-13H,10-11,14H2,1-3H3. The molecule has 4 nitrogen and oxygen atoms in total. The molecule has 0 saturated carbocycles. The molecule has 0 spiro atoms. The van der Waals surface area contributed by atoms with E-state index in [0.29, 0.717) is 11.5 Å². The molecule has 0 bridgehead atoms. The number of hydrogen-bond acceptors (Lipinski definition) is 4. The number of benzene rings is 2. The molecular formula is C18H23NO3S2. The lowest BCUT2D eigenvalue weighted by Gasteiger charge is -2.12. The molecule has 0 amide bonds. The fourth-order valence-electron chi connectivity index (χ4n) is 2.12. The van der Waals surface area contributed by atoms with Crippen LogP contribution in [0.4, 0.5) is 0 Å². The molecule has 130 valence electrons. The number of aryl methyl sites for hydroxylation is 1. The van der Waals surface area contributed by atoms with Gasteiger partial charge >= 0.3 is 0 Å². The first-order valence-electron chi connectivity index (χ1n) is 7.68. The normalized spacial score (nSPS) is 11.7. The first-order chi connectivity index (χ1) is 11.4. The lowest BCUT2D eigenvalue weighted by atomic mass is 10.2. The highest BCUT2D eigenvalue weighted by atomic mass is 32.2. The molecule has 0 heterocycles. The molecule has 2 aromatic carbocycles. The van der Waals surface area contributed by atoms with Crippen LogP contribution in [0.5, 0.6) is 5.75 Å². The van der Waals surface area contributed by atoms with Crippen molar-refractivity contribution in [2.45, 2.75) is 17.6 Å². The van der Waals surface area contributed by atoms with Gasteiger partial charge in [0, 0.05) is 25.6 Å². The van der Waals surface area contributed by atoms with Gasteiger partial charge in [-0.3, -0.25) is 0 Å². The van der Waals surface area contributed by atoms with Crippen LogP contribution in [-0.4, -0.2) is 39.2 Å². The molecule has 0 N–H and O–H groups in total. The summed E-state index contributed by atoms with van der Waals surface area (Å²) in [6.07, 6.45) is 0. The van der Waals surface area contributed by atoms with Crippen LogP contribution < -0.4 is 4.74 Å². The molecule has 0 aromatic heterocycles. The molecule has 0 aliphatic rings. The zero-order chi connectivity index (χ0) is 17.6. The van der Waals surface area contributed by atoms with Crippen LogP contribution in [0.3, 0.4) is 0 Å². The largest absolute Gasteiger partial charge is 0.493 e. The summed E-state index contributed by atoms with van der Waals surface area (Å²) in [6, 6.07) is 15.1. The smallest absolute Gasteiger partial charge is 0.242 e. The van der Waals surface area contributed by atoms with Gasteiger partial charge in [-0.1, -0.05) is 24.3 Å². The van der Waals surface area contributed by atoms with Crippen molar-refractivity contribution >= 4 is 21.8 Å². The van der Waals surface area contributed by atoms with Gasteiger partial charge in [0.2, 0.25) is 10.0 Å². The average Bonchev–Trinajstić information content (AvgIpc) is 2.55. The molecule has 0 aliphatic carbocycles. The fourth-order valence-corrected chi connectivity index (χ4v) is 3.85. The van der Waals surface area contributed by atoms with Gasteiger partial charge < -0.3 is 4.74 Å². The minimum atomic E-state index is -3.38. The molecule has 2 aromatic rings. The lowest BCUT2D eigenvalue weighted by Crippen LogP contribution is -2.22. The molecular weight excluding hydrogens is 342 g/mol. The zero-order valence-corrected chi connectivity index (χ0v) is 15.9. The Morgan fingerprint density at radius 2 is 1.83 bits per heavy atom. The minimum Gasteiger partial charge on any atom is -0.493 e. The molecule has 0 radical (unpaired) electrons. The second kappa shape index (κ2) is 8.55. The Bertz CT molecular complexity index is 773. The highest BCUT2D eigenvalue weighted by molar-refractivity contribution is 7.98. The van der Waals surface area contributed by atoms with E-state index in [4.69, 9.17) is 4.74 Å². The van der Waals surface area contributed by atoms with Crippen molar-refractivity contribution in [3.63, 3.8) is 0 Å².